The van der Waals surface area contributed by atoms with Crippen molar-refractivity contribution in [2.45, 2.75) is 64.0 Å². The summed E-state index contributed by atoms with van der Waals surface area (Å²) in [5, 5.41) is 12.6. The highest BCUT2D eigenvalue weighted by Crippen LogP contribution is 2.05. The van der Waals surface area contributed by atoms with Crippen LogP contribution in [0.25, 0.3) is 0 Å². The average Bonchev–Trinajstić information content (AvgIpc) is 2.30. The number of carbonyl (C=O) groups is 1. The fraction of sp³-hybridized carbons (Fsp3) is 0.923. The first-order valence-corrected chi connectivity index (χ1v) is 8.64. The lowest BCUT2D eigenvalue weighted by molar-refractivity contribution is -0.655. The highest BCUT2D eigenvalue weighted by molar-refractivity contribution is 6.33. The van der Waals surface area contributed by atoms with E-state index >= 15 is 0 Å². The SMILES string of the molecule is C[Si]CCC[NH2+]CCCCCCCCC(=O)[O-]. The molecule has 2 N–H and O–H groups in total. The fourth-order valence-corrected chi connectivity index (χ4v) is 2.39. The van der Waals surface area contributed by atoms with Crippen LogP contribution in [-0.2, 0) is 4.79 Å². The van der Waals surface area contributed by atoms with E-state index in [2.05, 4.69) is 11.9 Å². The lowest BCUT2D eigenvalue weighted by atomic mass is 10.1. The molecule has 0 heterocycles. The largest absolute Gasteiger partial charge is 0.550 e. The van der Waals surface area contributed by atoms with E-state index in [4.69, 9.17) is 0 Å². The molecule has 3 nitrogen and oxygen atoms in total. The molecule has 0 rings (SSSR count). The summed E-state index contributed by atoms with van der Waals surface area (Å²) in [5.41, 5.74) is 0. The van der Waals surface area contributed by atoms with Crippen LogP contribution in [0, 0.1) is 0 Å². The Hall–Kier alpha value is -0.353. The van der Waals surface area contributed by atoms with E-state index < -0.39 is 5.97 Å². The molecule has 0 bridgehead atoms. The molecule has 0 spiro atoms. The highest BCUT2D eigenvalue weighted by Gasteiger charge is 1.94. The Morgan fingerprint density at radius 3 is 2.24 bits per heavy atom. The first-order chi connectivity index (χ1) is 8.27. The van der Waals surface area contributed by atoms with Crippen LogP contribution >= 0.6 is 0 Å². The number of carbonyl (C=O) groups excluding carboxylic acids is 1. The number of quaternary nitrogens is 1. The number of nitrogens with two attached hydrogens (primary N) is 1. The van der Waals surface area contributed by atoms with Crippen molar-refractivity contribution in [3.05, 3.63) is 0 Å². The average molecular weight is 257 g/mol. The quantitative estimate of drug-likeness (QED) is 0.388. The maximum atomic E-state index is 10.2. The number of hydrogen-bond acceptors (Lipinski definition) is 2. The van der Waals surface area contributed by atoms with Gasteiger partial charge in [0.2, 0.25) is 0 Å². The standard InChI is InChI=1S/C13H27NO2Si/c1-17-12-8-11-14-10-7-5-3-2-4-6-9-13(15)16/h14H,2-12H2,1H3,(H,15,16). The van der Waals surface area contributed by atoms with Gasteiger partial charge in [-0.25, -0.2) is 0 Å². The van der Waals surface area contributed by atoms with E-state index in [1.807, 2.05) is 0 Å². The summed E-state index contributed by atoms with van der Waals surface area (Å²) in [4.78, 5) is 10.2. The van der Waals surface area contributed by atoms with E-state index in [0.29, 0.717) is 0 Å². The van der Waals surface area contributed by atoms with Crippen molar-refractivity contribution in [3.63, 3.8) is 0 Å². The molecular weight excluding hydrogens is 230 g/mol. The van der Waals surface area contributed by atoms with Crippen LogP contribution in [0.15, 0.2) is 0 Å². The van der Waals surface area contributed by atoms with E-state index in [1.165, 1.54) is 51.2 Å². The summed E-state index contributed by atoms with van der Waals surface area (Å²) in [7, 11) is 1.10. The molecule has 0 saturated heterocycles. The summed E-state index contributed by atoms with van der Waals surface area (Å²) in [6.45, 7) is 4.80. The molecule has 17 heavy (non-hydrogen) atoms. The number of hydrogen-bond donors (Lipinski definition) is 1. The van der Waals surface area contributed by atoms with Crippen molar-refractivity contribution in [1.29, 1.82) is 0 Å². The van der Waals surface area contributed by atoms with Crippen LogP contribution in [0.3, 0.4) is 0 Å². The van der Waals surface area contributed by atoms with E-state index in [-0.39, 0.29) is 6.42 Å². The van der Waals surface area contributed by atoms with Crippen molar-refractivity contribution in [3.8, 4) is 0 Å². The first kappa shape index (κ1) is 16.6. The normalized spacial score (nSPS) is 10.6. The molecule has 0 saturated carbocycles. The molecule has 0 aliphatic heterocycles. The topological polar surface area (TPSA) is 56.7 Å². The fourth-order valence-electron chi connectivity index (χ4n) is 1.83. The van der Waals surface area contributed by atoms with Gasteiger partial charge in [0.15, 0.2) is 0 Å². The van der Waals surface area contributed by atoms with Crippen molar-refractivity contribution >= 4 is 15.5 Å². The summed E-state index contributed by atoms with van der Waals surface area (Å²) < 4.78 is 0. The lowest BCUT2D eigenvalue weighted by Gasteiger charge is -2.03. The second-order valence-corrected chi connectivity index (χ2v) is 5.77. The summed E-state index contributed by atoms with van der Waals surface area (Å²) in [6, 6.07) is 1.38. The van der Waals surface area contributed by atoms with Crippen molar-refractivity contribution < 1.29 is 15.2 Å². The Kier molecular flexibility index (Phi) is 13.4. The molecule has 2 radical (unpaired) electrons. The van der Waals surface area contributed by atoms with Gasteiger partial charge in [0.25, 0.3) is 0 Å². The van der Waals surface area contributed by atoms with Crippen molar-refractivity contribution in [1.82, 2.24) is 0 Å². The Morgan fingerprint density at radius 1 is 1.00 bits per heavy atom. The van der Waals surface area contributed by atoms with Crippen LogP contribution < -0.4 is 10.4 Å². The Bertz CT molecular complexity index is 177. The number of unbranched alkanes of at least 4 members (excludes halogenated alkanes) is 5. The third-order valence-electron chi connectivity index (χ3n) is 2.87. The molecule has 0 aromatic heterocycles. The maximum Gasteiger partial charge on any atom is 0.0755 e. The second-order valence-electron chi connectivity index (χ2n) is 4.57. The molecule has 0 aliphatic carbocycles. The number of carboxylic acid groups (broad SMARTS) is 1. The van der Waals surface area contributed by atoms with Crippen LogP contribution in [0.2, 0.25) is 12.6 Å². The number of rotatable bonds is 13. The van der Waals surface area contributed by atoms with Gasteiger partial charge in [-0.1, -0.05) is 31.9 Å². The number of aliphatic carboxylic acids is 1. The lowest BCUT2D eigenvalue weighted by Crippen LogP contribution is -2.84. The van der Waals surface area contributed by atoms with E-state index in [0.717, 1.165) is 22.4 Å². The van der Waals surface area contributed by atoms with E-state index in [1.54, 1.807) is 0 Å². The molecular formula is C13H27NO2Si. The Morgan fingerprint density at radius 2 is 1.59 bits per heavy atom. The third kappa shape index (κ3) is 15.6. The molecule has 0 aliphatic rings. The molecule has 0 fully saturated rings. The zero-order valence-electron chi connectivity index (χ0n) is 11.2. The number of carboxylic acids is 1. The predicted molar refractivity (Wildman–Crippen MR) is 70.0 cm³/mol. The monoisotopic (exact) mass is 257 g/mol. The molecule has 0 atom stereocenters. The molecule has 100 valence electrons. The van der Waals surface area contributed by atoms with Crippen LogP contribution in [-0.4, -0.2) is 28.6 Å². The van der Waals surface area contributed by atoms with Crippen molar-refractivity contribution in [2.24, 2.45) is 0 Å². The summed E-state index contributed by atoms with van der Waals surface area (Å²) >= 11 is 0. The minimum absolute atomic E-state index is 0.228. The predicted octanol–water partition coefficient (Wildman–Crippen LogP) is 0.591. The summed E-state index contributed by atoms with van der Waals surface area (Å²) in [5.74, 6) is -0.910. The Labute approximate surface area is 108 Å². The van der Waals surface area contributed by atoms with Gasteiger partial charge in [0.1, 0.15) is 0 Å². The maximum absolute atomic E-state index is 10.2. The van der Waals surface area contributed by atoms with E-state index in [9.17, 15) is 9.90 Å². The molecule has 0 amide bonds. The zero-order valence-corrected chi connectivity index (χ0v) is 12.2. The minimum Gasteiger partial charge on any atom is -0.550 e. The van der Waals surface area contributed by atoms with Gasteiger partial charge in [-0.15, -0.1) is 0 Å². The molecule has 0 aromatic rings. The minimum atomic E-state index is -0.910. The summed E-state index contributed by atoms with van der Waals surface area (Å²) in [6.07, 6.45) is 8.42. The Balaban J connectivity index is 2.91. The first-order valence-electron chi connectivity index (χ1n) is 6.93. The zero-order chi connectivity index (χ0) is 12.8. The third-order valence-corrected chi connectivity index (χ3v) is 3.73. The van der Waals surface area contributed by atoms with Gasteiger partial charge in [-0.3, -0.25) is 0 Å². The van der Waals surface area contributed by atoms with Gasteiger partial charge >= 0.3 is 0 Å². The van der Waals surface area contributed by atoms with Crippen LogP contribution in [0.1, 0.15) is 51.4 Å². The van der Waals surface area contributed by atoms with Gasteiger partial charge in [-0.05, 0) is 32.1 Å². The molecule has 4 heteroatoms. The second kappa shape index (κ2) is 13.7. The molecule has 0 aromatic carbocycles. The van der Waals surface area contributed by atoms with Gasteiger partial charge in [0.05, 0.1) is 13.1 Å². The highest BCUT2D eigenvalue weighted by atomic mass is 28.2. The van der Waals surface area contributed by atoms with Gasteiger partial charge in [-0.2, -0.15) is 0 Å². The van der Waals surface area contributed by atoms with Gasteiger partial charge < -0.3 is 15.2 Å². The van der Waals surface area contributed by atoms with Gasteiger partial charge in [0, 0.05) is 15.5 Å². The van der Waals surface area contributed by atoms with Crippen LogP contribution in [0.4, 0.5) is 0 Å². The smallest absolute Gasteiger partial charge is 0.0755 e. The molecule has 0 unspecified atom stereocenters. The van der Waals surface area contributed by atoms with Crippen LogP contribution in [0.5, 0.6) is 0 Å². The van der Waals surface area contributed by atoms with Crippen molar-refractivity contribution in [2.75, 3.05) is 13.1 Å².